The molecule has 37 heavy (non-hydrogen) atoms. The maximum Gasteiger partial charge on any atom is 0.270 e. The summed E-state index contributed by atoms with van der Waals surface area (Å²) in [4.78, 5) is 44.0. The molecule has 198 valence electrons. The van der Waals surface area contributed by atoms with E-state index in [2.05, 4.69) is 33.0 Å². The maximum absolute atomic E-state index is 13.5. The predicted molar refractivity (Wildman–Crippen MR) is 135 cm³/mol. The zero-order valence-corrected chi connectivity index (χ0v) is 21.0. The third kappa shape index (κ3) is 4.97. The lowest BCUT2D eigenvalue weighted by atomic mass is 9.76. The molecule has 2 aromatic heterocycles. The maximum atomic E-state index is 13.5. The molecule has 2 aliphatic heterocycles. The number of fused-ring (bicyclic) bond motifs is 2. The van der Waals surface area contributed by atoms with E-state index in [4.69, 9.17) is 4.74 Å². The number of aliphatic hydroxyl groups excluding tert-OH is 1. The molecular weight excluding hydrogens is 476 g/mol. The van der Waals surface area contributed by atoms with E-state index >= 15 is 0 Å². The molecule has 1 saturated carbocycles. The lowest BCUT2D eigenvalue weighted by Crippen LogP contribution is -2.49. The largest absolute Gasteiger partial charge is 0.394 e. The molecule has 4 heterocycles. The van der Waals surface area contributed by atoms with Gasteiger partial charge in [-0.25, -0.2) is 4.98 Å². The first-order valence-electron chi connectivity index (χ1n) is 13.1. The number of nitrogens with zero attached hydrogens (tertiary/aromatic N) is 3. The van der Waals surface area contributed by atoms with E-state index in [-0.39, 0.29) is 36.6 Å². The summed E-state index contributed by atoms with van der Waals surface area (Å²) in [6.45, 7) is 3.27. The first-order valence-corrected chi connectivity index (χ1v) is 13.1. The lowest BCUT2D eigenvalue weighted by Gasteiger charge is -2.32. The quantitative estimate of drug-likeness (QED) is 0.444. The number of anilines is 2. The van der Waals surface area contributed by atoms with Gasteiger partial charge in [0.2, 0.25) is 11.8 Å². The van der Waals surface area contributed by atoms with Crippen LogP contribution < -0.4 is 16.0 Å². The van der Waals surface area contributed by atoms with Gasteiger partial charge in [-0.1, -0.05) is 19.8 Å². The van der Waals surface area contributed by atoms with Crippen LogP contribution in [0.4, 0.5) is 11.5 Å². The molecule has 2 aromatic rings. The summed E-state index contributed by atoms with van der Waals surface area (Å²) >= 11 is 0. The molecule has 1 saturated heterocycles. The highest BCUT2D eigenvalue weighted by Crippen LogP contribution is 2.44. The Bertz CT molecular complexity index is 1170. The van der Waals surface area contributed by atoms with Gasteiger partial charge in [-0.05, 0) is 43.6 Å². The molecular formula is C26H34N6O5. The molecule has 1 aliphatic carbocycles. The molecule has 0 radical (unpaired) electrons. The summed E-state index contributed by atoms with van der Waals surface area (Å²) in [5, 5.41) is 22.1. The number of aliphatic hydroxyl groups is 1. The van der Waals surface area contributed by atoms with Crippen LogP contribution in [-0.2, 0) is 26.3 Å². The topological polar surface area (TPSA) is 147 Å². The second-order valence-corrected chi connectivity index (χ2v) is 10.4. The second-order valence-electron chi connectivity index (χ2n) is 10.4. The van der Waals surface area contributed by atoms with Crippen molar-refractivity contribution in [2.75, 3.05) is 30.5 Å². The van der Waals surface area contributed by atoms with Crippen LogP contribution in [0.25, 0.3) is 0 Å². The molecule has 11 nitrogen and oxygen atoms in total. The van der Waals surface area contributed by atoms with Gasteiger partial charge in [0.1, 0.15) is 17.6 Å². The van der Waals surface area contributed by atoms with Crippen LogP contribution in [0.3, 0.4) is 0 Å². The molecule has 3 amide bonds. The smallest absolute Gasteiger partial charge is 0.270 e. The minimum Gasteiger partial charge on any atom is -0.394 e. The third-order valence-corrected chi connectivity index (χ3v) is 8.06. The number of amides is 3. The van der Waals surface area contributed by atoms with Crippen molar-refractivity contribution in [1.82, 2.24) is 20.1 Å². The Hall–Kier alpha value is -3.31. The minimum atomic E-state index is -0.760. The van der Waals surface area contributed by atoms with Crippen molar-refractivity contribution in [1.29, 1.82) is 0 Å². The van der Waals surface area contributed by atoms with Gasteiger partial charge in [0.15, 0.2) is 0 Å². The number of hydrogen-bond donors (Lipinski definition) is 4. The number of aromatic nitrogens is 3. The summed E-state index contributed by atoms with van der Waals surface area (Å²) in [7, 11) is 0. The fourth-order valence-corrected chi connectivity index (χ4v) is 5.82. The van der Waals surface area contributed by atoms with Crippen molar-refractivity contribution in [3.8, 4) is 0 Å². The third-order valence-electron chi connectivity index (χ3n) is 8.06. The summed E-state index contributed by atoms with van der Waals surface area (Å²) in [6, 6.07) is 2.50. The Labute approximate surface area is 215 Å². The lowest BCUT2D eigenvalue weighted by molar-refractivity contribution is -0.124. The van der Waals surface area contributed by atoms with Crippen LogP contribution in [0.1, 0.15) is 61.5 Å². The number of carbonyl (C=O) groups is 3. The van der Waals surface area contributed by atoms with Crippen molar-refractivity contribution in [3.05, 3.63) is 35.8 Å². The standard InChI is InChI=1S/C26H34N6O5/c1-16-2-4-17(5-3-16)22(31-23(34)20-6-9-28-32(20)10-11-33)24(35)30-21-14-19-18(15-27-21)26(25(36)29-19)7-12-37-13-8-26/h6,9,14-17,22,33H,2-5,7-8,10-13H2,1H3,(H,29,36)(H,31,34)(H,27,30,35). The first kappa shape index (κ1) is 25.3. The summed E-state index contributed by atoms with van der Waals surface area (Å²) in [5.41, 5.74) is 1.14. The highest BCUT2D eigenvalue weighted by molar-refractivity contribution is 6.07. The van der Waals surface area contributed by atoms with Crippen molar-refractivity contribution >= 4 is 29.2 Å². The van der Waals surface area contributed by atoms with E-state index in [1.54, 1.807) is 18.3 Å². The Balaban J connectivity index is 1.35. The second kappa shape index (κ2) is 10.6. The molecule has 0 aromatic carbocycles. The number of carbonyl (C=O) groups excluding carboxylic acids is 3. The summed E-state index contributed by atoms with van der Waals surface area (Å²) in [6.07, 6.45) is 7.98. The molecule has 1 unspecified atom stereocenters. The fourth-order valence-electron chi connectivity index (χ4n) is 5.82. The highest BCUT2D eigenvalue weighted by atomic mass is 16.5. The normalized spacial score (nSPS) is 23.2. The SMILES string of the molecule is CC1CCC(C(NC(=O)c2ccnn2CCO)C(=O)Nc2cc3c(cn2)C2(CCOCC2)C(=O)N3)CC1. The molecule has 0 bridgehead atoms. The fraction of sp³-hybridized carbons (Fsp3) is 0.577. The van der Waals surface area contributed by atoms with Crippen molar-refractivity contribution in [3.63, 3.8) is 0 Å². The number of rotatable bonds is 7. The molecule has 3 aliphatic rings. The van der Waals surface area contributed by atoms with Crippen molar-refractivity contribution in [2.45, 2.75) is 63.5 Å². The molecule has 11 heteroatoms. The van der Waals surface area contributed by atoms with E-state index in [0.29, 0.717) is 43.5 Å². The Morgan fingerprint density at radius 1 is 1.27 bits per heavy atom. The van der Waals surface area contributed by atoms with Gasteiger partial charge in [0, 0.05) is 37.2 Å². The molecule has 1 spiro atoms. The Kier molecular flexibility index (Phi) is 7.25. The molecule has 2 fully saturated rings. The van der Waals surface area contributed by atoms with Crippen molar-refractivity contribution < 1.29 is 24.2 Å². The Morgan fingerprint density at radius 2 is 2.03 bits per heavy atom. The number of pyridine rings is 1. The highest BCUT2D eigenvalue weighted by Gasteiger charge is 2.48. The van der Waals surface area contributed by atoms with Gasteiger partial charge in [0.05, 0.1) is 24.3 Å². The van der Waals surface area contributed by atoms with Gasteiger partial charge < -0.3 is 25.8 Å². The zero-order valence-electron chi connectivity index (χ0n) is 21.0. The molecule has 4 N–H and O–H groups in total. The molecule has 1 atom stereocenters. The average Bonchev–Trinajstić information content (AvgIpc) is 3.46. The van der Waals surface area contributed by atoms with E-state index in [1.807, 2.05) is 0 Å². The van der Waals surface area contributed by atoms with Crippen LogP contribution in [-0.4, -0.2) is 63.5 Å². The van der Waals surface area contributed by atoms with Gasteiger partial charge in [-0.2, -0.15) is 5.10 Å². The first-order chi connectivity index (χ1) is 17.9. The minimum absolute atomic E-state index is 0.0194. The van der Waals surface area contributed by atoms with Crippen LogP contribution in [0, 0.1) is 11.8 Å². The van der Waals surface area contributed by atoms with Gasteiger partial charge >= 0.3 is 0 Å². The summed E-state index contributed by atoms with van der Waals surface area (Å²) < 4.78 is 6.88. The van der Waals surface area contributed by atoms with Gasteiger partial charge in [-0.15, -0.1) is 0 Å². The van der Waals surface area contributed by atoms with Crippen LogP contribution >= 0.6 is 0 Å². The van der Waals surface area contributed by atoms with E-state index in [9.17, 15) is 19.5 Å². The van der Waals surface area contributed by atoms with E-state index in [0.717, 1.165) is 31.2 Å². The van der Waals surface area contributed by atoms with Crippen LogP contribution in [0.15, 0.2) is 24.5 Å². The van der Waals surface area contributed by atoms with E-state index in [1.165, 1.54) is 10.9 Å². The predicted octanol–water partition coefficient (Wildman–Crippen LogP) is 1.83. The Morgan fingerprint density at radius 3 is 2.76 bits per heavy atom. The van der Waals surface area contributed by atoms with Crippen LogP contribution in [0.2, 0.25) is 0 Å². The van der Waals surface area contributed by atoms with Crippen molar-refractivity contribution in [2.24, 2.45) is 11.8 Å². The average molecular weight is 511 g/mol. The zero-order chi connectivity index (χ0) is 26.0. The molecule has 5 rings (SSSR count). The van der Waals surface area contributed by atoms with Crippen LogP contribution in [0.5, 0.6) is 0 Å². The van der Waals surface area contributed by atoms with Gasteiger partial charge in [-0.3, -0.25) is 19.1 Å². The number of hydrogen-bond acceptors (Lipinski definition) is 7. The number of ether oxygens (including phenoxy) is 1. The number of nitrogens with one attached hydrogen (secondary N) is 3. The monoisotopic (exact) mass is 510 g/mol. The van der Waals surface area contributed by atoms with Gasteiger partial charge in [0.25, 0.3) is 5.91 Å². The summed E-state index contributed by atoms with van der Waals surface area (Å²) in [5.74, 6) is 0.0631. The van der Waals surface area contributed by atoms with E-state index < -0.39 is 17.4 Å².